The van der Waals surface area contributed by atoms with Crippen LogP contribution in [0.15, 0.2) is 42.5 Å². The SMILES string of the molecule is CCC(C)(C)OC(=O)N[C@@H](Cc1c(C)cc(OCc2ccccc2)cc1C)C(=O)O. The van der Waals surface area contributed by atoms with E-state index in [1.54, 1.807) is 13.8 Å². The Kier molecular flexibility index (Phi) is 7.86. The van der Waals surface area contributed by atoms with Crippen LogP contribution in [0.5, 0.6) is 5.75 Å². The molecule has 0 fully saturated rings. The monoisotopic (exact) mass is 413 g/mol. The molecule has 2 aromatic carbocycles. The van der Waals surface area contributed by atoms with Gasteiger partial charge in [0.1, 0.15) is 24.0 Å². The van der Waals surface area contributed by atoms with Gasteiger partial charge in [-0.3, -0.25) is 0 Å². The number of nitrogens with one attached hydrogen (secondary N) is 1. The molecule has 0 aliphatic carbocycles. The van der Waals surface area contributed by atoms with Crippen molar-refractivity contribution in [3.8, 4) is 5.75 Å². The number of amides is 1. The molecule has 0 radical (unpaired) electrons. The van der Waals surface area contributed by atoms with E-state index < -0.39 is 23.7 Å². The minimum atomic E-state index is -1.11. The number of carbonyl (C=O) groups is 2. The van der Waals surface area contributed by atoms with Gasteiger partial charge in [-0.05, 0) is 68.5 Å². The molecule has 162 valence electrons. The minimum absolute atomic E-state index is 0.160. The molecule has 0 aromatic heterocycles. The van der Waals surface area contributed by atoms with Crippen molar-refractivity contribution in [2.24, 2.45) is 0 Å². The first-order valence-electron chi connectivity index (χ1n) is 10.1. The molecule has 0 unspecified atom stereocenters. The number of ether oxygens (including phenoxy) is 2. The second-order valence-electron chi connectivity index (χ2n) is 8.05. The van der Waals surface area contributed by atoms with Crippen LogP contribution in [0, 0.1) is 13.8 Å². The summed E-state index contributed by atoms with van der Waals surface area (Å²) in [5.41, 5.74) is 3.10. The number of carbonyl (C=O) groups excluding carboxylic acids is 1. The molecule has 0 bridgehead atoms. The van der Waals surface area contributed by atoms with Gasteiger partial charge in [0.25, 0.3) is 0 Å². The van der Waals surface area contributed by atoms with Gasteiger partial charge in [0.15, 0.2) is 0 Å². The van der Waals surface area contributed by atoms with E-state index in [4.69, 9.17) is 9.47 Å². The highest BCUT2D eigenvalue weighted by Gasteiger charge is 2.26. The first-order valence-corrected chi connectivity index (χ1v) is 10.1. The smallest absolute Gasteiger partial charge is 0.408 e. The Morgan fingerprint density at radius 3 is 2.23 bits per heavy atom. The molecular weight excluding hydrogens is 382 g/mol. The van der Waals surface area contributed by atoms with Crippen molar-refractivity contribution in [2.75, 3.05) is 0 Å². The molecule has 2 N–H and O–H groups in total. The molecular formula is C24H31NO5. The third kappa shape index (κ3) is 6.79. The molecule has 0 aliphatic heterocycles. The summed E-state index contributed by atoms with van der Waals surface area (Å²) in [7, 11) is 0. The highest BCUT2D eigenvalue weighted by atomic mass is 16.6. The number of benzene rings is 2. The molecule has 1 atom stereocenters. The van der Waals surface area contributed by atoms with E-state index in [-0.39, 0.29) is 6.42 Å². The van der Waals surface area contributed by atoms with Crippen molar-refractivity contribution < 1.29 is 24.2 Å². The molecule has 0 saturated heterocycles. The average Bonchev–Trinajstić information content (AvgIpc) is 2.68. The van der Waals surface area contributed by atoms with Crippen molar-refractivity contribution in [3.63, 3.8) is 0 Å². The van der Waals surface area contributed by atoms with Crippen molar-refractivity contribution in [1.29, 1.82) is 0 Å². The second-order valence-corrected chi connectivity index (χ2v) is 8.05. The van der Waals surface area contributed by atoms with Gasteiger partial charge in [-0.15, -0.1) is 0 Å². The van der Waals surface area contributed by atoms with Crippen LogP contribution in [0.25, 0.3) is 0 Å². The molecule has 6 heteroatoms. The van der Waals surface area contributed by atoms with Gasteiger partial charge in [-0.25, -0.2) is 9.59 Å². The van der Waals surface area contributed by atoms with Crippen molar-refractivity contribution in [2.45, 2.75) is 65.7 Å². The minimum Gasteiger partial charge on any atom is -0.489 e. The zero-order valence-electron chi connectivity index (χ0n) is 18.3. The van der Waals surface area contributed by atoms with Crippen molar-refractivity contribution in [3.05, 3.63) is 64.7 Å². The number of hydrogen-bond acceptors (Lipinski definition) is 4. The molecule has 0 saturated carbocycles. The topological polar surface area (TPSA) is 84.9 Å². The molecule has 6 nitrogen and oxygen atoms in total. The van der Waals surface area contributed by atoms with E-state index in [1.165, 1.54) is 0 Å². The zero-order chi connectivity index (χ0) is 22.3. The van der Waals surface area contributed by atoms with Crippen LogP contribution in [-0.4, -0.2) is 28.8 Å². The van der Waals surface area contributed by atoms with E-state index in [0.717, 1.165) is 28.0 Å². The summed E-state index contributed by atoms with van der Waals surface area (Å²) < 4.78 is 11.2. The van der Waals surface area contributed by atoms with E-state index in [9.17, 15) is 14.7 Å². The normalized spacial score (nSPS) is 12.2. The third-order valence-electron chi connectivity index (χ3n) is 5.14. The Balaban J connectivity index is 2.09. The standard InChI is InChI=1S/C24H31NO5/c1-6-24(4,5)30-23(28)25-21(22(26)27)14-20-16(2)12-19(13-17(20)3)29-15-18-10-8-7-9-11-18/h7-13,21H,6,14-15H2,1-5H3,(H,25,28)(H,26,27)/t21-/m0/s1. The third-order valence-corrected chi connectivity index (χ3v) is 5.14. The lowest BCUT2D eigenvalue weighted by Gasteiger charge is -2.25. The van der Waals surface area contributed by atoms with Gasteiger partial charge in [0, 0.05) is 6.42 Å². The Morgan fingerprint density at radius 1 is 1.10 bits per heavy atom. The predicted octanol–water partition coefficient (Wildman–Crippen LogP) is 4.79. The van der Waals surface area contributed by atoms with Crippen LogP contribution in [0.4, 0.5) is 4.79 Å². The Morgan fingerprint density at radius 2 is 1.70 bits per heavy atom. The molecule has 1 amide bonds. The quantitative estimate of drug-likeness (QED) is 0.617. The number of hydrogen-bond donors (Lipinski definition) is 2. The maximum Gasteiger partial charge on any atom is 0.408 e. The summed E-state index contributed by atoms with van der Waals surface area (Å²) in [5, 5.41) is 12.1. The number of alkyl carbamates (subject to hydrolysis) is 1. The summed E-state index contributed by atoms with van der Waals surface area (Å²) in [5.74, 6) is -0.383. The molecule has 0 heterocycles. The lowest BCUT2D eigenvalue weighted by molar-refractivity contribution is -0.139. The van der Waals surface area contributed by atoms with Crippen molar-refractivity contribution >= 4 is 12.1 Å². The maximum absolute atomic E-state index is 12.1. The van der Waals surface area contributed by atoms with Gasteiger partial charge in [-0.1, -0.05) is 37.3 Å². The number of carboxylic acid groups (broad SMARTS) is 1. The predicted molar refractivity (Wildman–Crippen MR) is 116 cm³/mol. The fraction of sp³-hybridized carbons (Fsp3) is 0.417. The molecule has 2 aromatic rings. The van der Waals surface area contributed by atoms with Crippen LogP contribution >= 0.6 is 0 Å². The number of aryl methyl sites for hydroxylation is 2. The molecule has 30 heavy (non-hydrogen) atoms. The summed E-state index contributed by atoms with van der Waals surface area (Å²) in [6, 6.07) is 12.6. The van der Waals surface area contributed by atoms with Crippen LogP contribution in [0.1, 0.15) is 49.4 Å². The lowest BCUT2D eigenvalue weighted by Crippen LogP contribution is -2.45. The lowest BCUT2D eigenvalue weighted by atomic mass is 9.96. The van der Waals surface area contributed by atoms with Crippen molar-refractivity contribution in [1.82, 2.24) is 5.32 Å². The first-order chi connectivity index (χ1) is 14.1. The van der Waals surface area contributed by atoms with Crippen LogP contribution < -0.4 is 10.1 Å². The molecule has 0 spiro atoms. The van der Waals surface area contributed by atoms with Gasteiger partial charge in [-0.2, -0.15) is 0 Å². The van der Waals surface area contributed by atoms with E-state index in [1.807, 2.05) is 63.2 Å². The summed E-state index contributed by atoms with van der Waals surface area (Å²) in [4.78, 5) is 23.9. The summed E-state index contributed by atoms with van der Waals surface area (Å²) >= 11 is 0. The number of rotatable bonds is 9. The van der Waals surface area contributed by atoms with Gasteiger partial charge < -0.3 is 19.9 Å². The first kappa shape index (κ1) is 23.3. The Labute approximate surface area is 178 Å². The number of aliphatic carboxylic acids is 1. The Bertz CT molecular complexity index is 853. The maximum atomic E-state index is 12.1. The van der Waals surface area contributed by atoms with E-state index in [0.29, 0.717) is 13.0 Å². The Hall–Kier alpha value is -3.02. The van der Waals surface area contributed by atoms with E-state index >= 15 is 0 Å². The molecule has 0 aliphatic rings. The van der Waals surface area contributed by atoms with Gasteiger partial charge in [0.2, 0.25) is 0 Å². The molecule has 2 rings (SSSR count). The zero-order valence-corrected chi connectivity index (χ0v) is 18.3. The number of carboxylic acids is 1. The summed E-state index contributed by atoms with van der Waals surface area (Å²) in [6.07, 6.45) is 0.0569. The average molecular weight is 414 g/mol. The van der Waals surface area contributed by atoms with Gasteiger partial charge >= 0.3 is 12.1 Å². The highest BCUT2D eigenvalue weighted by molar-refractivity contribution is 5.80. The second kappa shape index (κ2) is 10.1. The highest BCUT2D eigenvalue weighted by Crippen LogP contribution is 2.24. The van der Waals surface area contributed by atoms with Crippen LogP contribution in [0.3, 0.4) is 0 Å². The fourth-order valence-electron chi connectivity index (χ4n) is 3.00. The fourth-order valence-corrected chi connectivity index (χ4v) is 3.00. The summed E-state index contributed by atoms with van der Waals surface area (Å²) in [6.45, 7) is 9.74. The van der Waals surface area contributed by atoms with Gasteiger partial charge in [0.05, 0.1) is 0 Å². The largest absolute Gasteiger partial charge is 0.489 e. The van der Waals surface area contributed by atoms with Crippen LogP contribution in [0.2, 0.25) is 0 Å². The van der Waals surface area contributed by atoms with E-state index in [2.05, 4.69) is 5.32 Å². The van der Waals surface area contributed by atoms with Crippen LogP contribution in [-0.2, 0) is 22.6 Å².